The fraction of sp³-hybridized carbons (Fsp3) is 0.500. The molecule has 0 aromatic heterocycles. The van der Waals surface area contributed by atoms with Gasteiger partial charge < -0.3 is 36.6 Å². The van der Waals surface area contributed by atoms with Crippen molar-refractivity contribution in [1.29, 1.82) is 0 Å². The molecular formula is C16H22N2O7. The normalized spacial score (nSPS) is 30.0. The number of hydrogen-bond acceptors (Lipinski definition) is 7. The fourth-order valence-electron chi connectivity index (χ4n) is 3.10. The summed E-state index contributed by atoms with van der Waals surface area (Å²) in [4.78, 5) is 24.4. The summed E-state index contributed by atoms with van der Waals surface area (Å²) in [6.45, 7) is -0.708. The minimum Gasteiger partial charge on any atom is -0.394 e. The highest BCUT2D eigenvalue weighted by Gasteiger charge is 2.59. The van der Waals surface area contributed by atoms with Gasteiger partial charge in [-0.1, -0.05) is 30.3 Å². The predicted molar refractivity (Wildman–Crippen MR) is 84.7 cm³/mol. The van der Waals surface area contributed by atoms with Crippen molar-refractivity contribution in [1.82, 2.24) is 0 Å². The summed E-state index contributed by atoms with van der Waals surface area (Å²) in [7, 11) is 0. The minimum absolute atomic E-state index is 0.277. The van der Waals surface area contributed by atoms with Crippen molar-refractivity contribution in [3.05, 3.63) is 35.9 Å². The molecule has 9 heteroatoms. The largest absolute Gasteiger partial charge is 0.394 e. The zero-order chi connectivity index (χ0) is 18.8. The van der Waals surface area contributed by atoms with Crippen LogP contribution in [0.3, 0.4) is 0 Å². The van der Waals surface area contributed by atoms with Gasteiger partial charge in [0.1, 0.15) is 30.5 Å². The first-order chi connectivity index (χ1) is 11.8. The molecule has 1 aliphatic rings. The number of amides is 2. The van der Waals surface area contributed by atoms with Gasteiger partial charge in [0, 0.05) is 0 Å². The topological polar surface area (TPSA) is 176 Å². The van der Waals surface area contributed by atoms with Gasteiger partial charge in [-0.15, -0.1) is 0 Å². The second kappa shape index (κ2) is 7.46. The maximum Gasteiger partial charge on any atom is 0.236 e. The van der Waals surface area contributed by atoms with Crippen LogP contribution in [0.2, 0.25) is 0 Å². The lowest BCUT2D eigenvalue weighted by atomic mass is 9.70. The van der Waals surface area contributed by atoms with Crippen molar-refractivity contribution in [2.24, 2.45) is 16.9 Å². The van der Waals surface area contributed by atoms with E-state index >= 15 is 0 Å². The monoisotopic (exact) mass is 354 g/mol. The molecule has 0 aliphatic carbocycles. The molecule has 25 heavy (non-hydrogen) atoms. The van der Waals surface area contributed by atoms with Crippen molar-refractivity contribution in [3.63, 3.8) is 0 Å². The number of primary amides is 2. The molecule has 1 fully saturated rings. The van der Waals surface area contributed by atoms with Gasteiger partial charge in [0.2, 0.25) is 11.8 Å². The second-order valence-electron chi connectivity index (χ2n) is 6.11. The van der Waals surface area contributed by atoms with E-state index in [1.807, 2.05) is 0 Å². The van der Waals surface area contributed by atoms with E-state index in [-0.39, 0.29) is 6.42 Å². The SMILES string of the molecule is NC(=O)C(Cc1ccccc1)(C(N)=O)[C@@H]1O[C@H](CO)[C@@H](O)[C@H](O)[C@H]1O. The van der Waals surface area contributed by atoms with Crippen LogP contribution in [0.15, 0.2) is 30.3 Å². The molecule has 1 saturated heterocycles. The lowest BCUT2D eigenvalue weighted by molar-refractivity contribution is -0.251. The van der Waals surface area contributed by atoms with Gasteiger partial charge in [0.05, 0.1) is 6.61 Å². The molecular weight excluding hydrogens is 332 g/mol. The maximum atomic E-state index is 12.2. The summed E-state index contributed by atoms with van der Waals surface area (Å²) in [5.74, 6) is -2.29. The average Bonchev–Trinajstić information content (AvgIpc) is 2.58. The number of aliphatic hydroxyl groups excluding tert-OH is 4. The number of carbonyl (C=O) groups is 2. The molecule has 9 nitrogen and oxygen atoms in total. The van der Waals surface area contributed by atoms with Gasteiger partial charge in [-0.3, -0.25) is 9.59 Å². The molecule has 5 atom stereocenters. The summed E-state index contributed by atoms with van der Waals surface area (Å²) in [6.07, 6.45) is -8.42. The van der Waals surface area contributed by atoms with E-state index in [4.69, 9.17) is 16.2 Å². The number of carbonyl (C=O) groups excluding carboxylic acids is 2. The molecule has 0 unspecified atom stereocenters. The summed E-state index contributed by atoms with van der Waals surface area (Å²) in [5.41, 5.74) is 9.23. The Balaban J connectivity index is 2.50. The number of hydrogen-bond donors (Lipinski definition) is 6. The van der Waals surface area contributed by atoms with Gasteiger partial charge in [0.25, 0.3) is 0 Å². The molecule has 8 N–H and O–H groups in total. The van der Waals surface area contributed by atoms with Crippen molar-refractivity contribution in [2.45, 2.75) is 36.9 Å². The number of nitrogens with two attached hydrogens (primary N) is 2. The molecule has 0 saturated carbocycles. The zero-order valence-corrected chi connectivity index (χ0v) is 13.4. The maximum absolute atomic E-state index is 12.2. The Morgan fingerprint density at radius 1 is 1.00 bits per heavy atom. The van der Waals surface area contributed by atoms with E-state index in [1.54, 1.807) is 30.3 Å². The van der Waals surface area contributed by atoms with Crippen molar-refractivity contribution < 1.29 is 34.8 Å². The average molecular weight is 354 g/mol. The molecule has 2 amide bonds. The van der Waals surface area contributed by atoms with Gasteiger partial charge in [-0.2, -0.15) is 0 Å². The van der Waals surface area contributed by atoms with Crippen LogP contribution >= 0.6 is 0 Å². The van der Waals surface area contributed by atoms with Crippen molar-refractivity contribution in [2.75, 3.05) is 6.61 Å². The summed E-state index contributed by atoms with van der Waals surface area (Å²) in [5, 5.41) is 39.5. The highest BCUT2D eigenvalue weighted by atomic mass is 16.5. The van der Waals surface area contributed by atoms with Crippen molar-refractivity contribution in [3.8, 4) is 0 Å². The third kappa shape index (κ3) is 3.37. The Morgan fingerprint density at radius 3 is 2.04 bits per heavy atom. The van der Waals surface area contributed by atoms with Gasteiger partial charge in [-0.05, 0) is 12.0 Å². The Hall–Kier alpha value is -2.04. The molecule has 0 spiro atoms. The van der Waals surface area contributed by atoms with E-state index in [1.165, 1.54) is 0 Å². The van der Waals surface area contributed by atoms with Crippen LogP contribution < -0.4 is 11.5 Å². The van der Waals surface area contributed by atoms with Crippen LogP contribution in [0.1, 0.15) is 5.56 Å². The number of rotatable bonds is 6. The molecule has 1 heterocycles. The lowest BCUT2D eigenvalue weighted by Crippen LogP contribution is -2.68. The first-order valence-electron chi connectivity index (χ1n) is 7.70. The third-order valence-corrected chi connectivity index (χ3v) is 4.58. The van der Waals surface area contributed by atoms with Crippen LogP contribution in [0.4, 0.5) is 0 Å². The third-order valence-electron chi connectivity index (χ3n) is 4.58. The van der Waals surface area contributed by atoms with Crippen LogP contribution in [0.5, 0.6) is 0 Å². The Bertz CT molecular complexity index is 608. The molecule has 1 aromatic carbocycles. The fourth-order valence-corrected chi connectivity index (χ4v) is 3.10. The molecule has 1 aliphatic heterocycles. The molecule has 0 bridgehead atoms. The Labute approximate surface area is 143 Å². The first-order valence-corrected chi connectivity index (χ1v) is 7.70. The van der Waals surface area contributed by atoms with Gasteiger partial charge >= 0.3 is 0 Å². The van der Waals surface area contributed by atoms with Crippen LogP contribution in [-0.2, 0) is 20.7 Å². The molecule has 2 rings (SSSR count). The minimum atomic E-state index is -2.19. The summed E-state index contributed by atoms with van der Waals surface area (Å²) in [6, 6.07) is 8.34. The quantitative estimate of drug-likeness (QED) is 0.295. The van der Waals surface area contributed by atoms with E-state index in [0.29, 0.717) is 5.56 Å². The summed E-state index contributed by atoms with van der Waals surface area (Å²) < 4.78 is 5.38. The standard InChI is InChI=1S/C16H22N2O7/c17-14(23)16(15(18)24,6-8-4-2-1-3-5-8)13-12(22)11(21)10(20)9(7-19)25-13/h1-5,9-13,19-22H,6-7H2,(H2,17,23)(H2,18,24)/t9-,10-,11+,12-,13-/m1/s1. The van der Waals surface area contributed by atoms with E-state index in [0.717, 1.165) is 0 Å². The highest BCUT2D eigenvalue weighted by molar-refractivity contribution is 6.05. The zero-order valence-electron chi connectivity index (χ0n) is 13.4. The predicted octanol–water partition coefficient (Wildman–Crippen LogP) is -2.97. The Morgan fingerprint density at radius 2 is 1.56 bits per heavy atom. The van der Waals surface area contributed by atoms with E-state index in [2.05, 4.69) is 0 Å². The van der Waals surface area contributed by atoms with Crippen LogP contribution in [0, 0.1) is 5.41 Å². The lowest BCUT2D eigenvalue weighted by Gasteiger charge is -2.46. The first kappa shape index (κ1) is 19.3. The van der Waals surface area contributed by atoms with Gasteiger partial charge in [0.15, 0.2) is 5.41 Å². The molecule has 1 aromatic rings. The van der Waals surface area contributed by atoms with E-state index in [9.17, 15) is 30.0 Å². The second-order valence-corrected chi connectivity index (χ2v) is 6.11. The smallest absolute Gasteiger partial charge is 0.236 e. The number of aliphatic hydroxyl groups is 4. The van der Waals surface area contributed by atoms with Crippen LogP contribution in [0.25, 0.3) is 0 Å². The Kier molecular flexibility index (Phi) is 5.76. The molecule has 0 radical (unpaired) electrons. The van der Waals surface area contributed by atoms with Gasteiger partial charge in [-0.25, -0.2) is 0 Å². The summed E-state index contributed by atoms with van der Waals surface area (Å²) >= 11 is 0. The molecule has 138 valence electrons. The van der Waals surface area contributed by atoms with E-state index < -0.39 is 54.4 Å². The van der Waals surface area contributed by atoms with Crippen molar-refractivity contribution >= 4 is 11.8 Å². The van der Waals surface area contributed by atoms with Crippen LogP contribution in [-0.4, -0.2) is 69.4 Å². The highest BCUT2D eigenvalue weighted by Crippen LogP contribution is 2.36. The number of ether oxygens (including phenoxy) is 1. The number of benzene rings is 1.